The number of carboxylic acid groups (broad SMARTS) is 1. The van der Waals surface area contributed by atoms with Gasteiger partial charge in [0.1, 0.15) is 16.3 Å². The SMILES string of the molecule is COc1ccc(-c2nc(C3CCN(Cc4nccs4)CC3)cc3c2ncn3C)cc1.O=C(O)C(F)(F)F. The second-order valence-electron chi connectivity index (χ2n) is 8.63. The van der Waals surface area contributed by atoms with E-state index in [0.29, 0.717) is 5.92 Å². The lowest BCUT2D eigenvalue weighted by Gasteiger charge is -2.31. The molecular formula is C25H26F3N5O3S. The van der Waals surface area contributed by atoms with Crippen molar-refractivity contribution < 1.29 is 27.8 Å². The fourth-order valence-corrected chi connectivity index (χ4v) is 4.87. The molecule has 1 aliphatic rings. The van der Waals surface area contributed by atoms with Crippen LogP contribution in [0.5, 0.6) is 5.75 Å². The summed E-state index contributed by atoms with van der Waals surface area (Å²) >= 11 is 1.74. The average Bonchev–Trinajstić information content (AvgIpc) is 3.54. The molecule has 1 aliphatic heterocycles. The molecule has 0 saturated carbocycles. The first-order valence-corrected chi connectivity index (χ1v) is 12.4. The van der Waals surface area contributed by atoms with E-state index in [-0.39, 0.29) is 0 Å². The first-order valence-electron chi connectivity index (χ1n) is 11.5. The van der Waals surface area contributed by atoms with Crippen molar-refractivity contribution in [3.05, 3.63) is 58.9 Å². The summed E-state index contributed by atoms with van der Waals surface area (Å²) in [4.78, 5) is 25.6. The molecule has 1 saturated heterocycles. The van der Waals surface area contributed by atoms with Gasteiger partial charge in [0.25, 0.3) is 0 Å². The largest absolute Gasteiger partial charge is 0.497 e. The van der Waals surface area contributed by atoms with Gasteiger partial charge in [-0.25, -0.2) is 14.8 Å². The van der Waals surface area contributed by atoms with E-state index in [9.17, 15) is 13.2 Å². The fourth-order valence-electron chi connectivity index (χ4n) is 4.22. The summed E-state index contributed by atoms with van der Waals surface area (Å²) in [5.41, 5.74) is 5.29. The molecule has 4 aromatic rings. The summed E-state index contributed by atoms with van der Waals surface area (Å²) in [5.74, 6) is -1.44. The number of nitrogens with zero attached hydrogens (tertiary/aromatic N) is 5. The average molecular weight is 534 g/mol. The zero-order valence-corrected chi connectivity index (χ0v) is 21.1. The summed E-state index contributed by atoms with van der Waals surface area (Å²) < 4.78 is 39.1. The highest BCUT2D eigenvalue weighted by atomic mass is 32.1. The number of likely N-dealkylation sites (tertiary alicyclic amines) is 1. The van der Waals surface area contributed by atoms with Crippen molar-refractivity contribution in [3.63, 3.8) is 0 Å². The number of imidazole rings is 1. The summed E-state index contributed by atoms with van der Waals surface area (Å²) in [5, 5.41) is 10.4. The minimum absolute atomic E-state index is 0.467. The molecular weight excluding hydrogens is 507 g/mol. The van der Waals surface area contributed by atoms with Gasteiger partial charge < -0.3 is 14.4 Å². The first kappa shape index (κ1) is 26.6. The van der Waals surface area contributed by atoms with E-state index in [2.05, 4.69) is 43.0 Å². The number of carbonyl (C=O) groups is 1. The Bertz CT molecular complexity index is 1330. The second kappa shape index (κ2) is 11.3. The normalized spacial score (nSPS) is 14.8. The van der Waals surface area contributed by atoms with Crippen molar-refractivity contribution >= 4 is 28.3 Å². The van der Waals surface area contributed by atoms with E-state index in [0.717, 1.165) is 60.5 Å². The minimum Gasteiger partial charge on any atom is -0.497 e. The maximum Gasteiger partial charge on any atom is 0.490 e. The molecule has 0 bridgehead atoms. The van der Waals surface area contributed by atoms with Gasteiger partial charge in [0.2, 0.25) is 0 Å². The van der Waals surface area contributed by atoms with Crippen molar-refractivity contribution in [1.82, 2.24) is 24.4 Å². The Morgan fingerprint density at radius 1 is 1.19 bits per heavy atom. The molecule has 5 rings (SSSR count). The number of aryl methyl sites for hydroxylation is 1. The number of aromatic nitrogens is 4. The van der Waals surface area contributed by atoms with Crippen molar-refractivity contribution in [2.75, 3.05) is 20.2 Å². The highest BCUT2D eigenvalue weighted by Crippen LogP contribution is 2.34. The maximum atomic E-state index is 10.6. The molecule has 0 amide bonds. The van der Waals surface area contributed by atoms with E-state index in [1.165, 1.54) is 10.7 Å². The zero-order valence-electron chi connectivity index (χ0n) is 20.3. The molecule has 0 spiro atoms. The van der Waals surface area contributed by atoms with E-state index in [4.69, 9.17) is 19.6 Å². The number of thiazole rings is 1. The molecule has 0 unspecified atom stereocenters. The molecule has 0 atom stereocenters. The van der Waals surface area contributed by atoms with Crippen LogP contribution in [0.3, 0.4) is 0 Å². The Morgan fingerprint density at radius 3 is 2.43 bits per heavy atom. The first-order chi connectivity index (χ1) is 17.7. The van der Waals surface area contributed by atoms with Gasteiger partial charge in [-0.3, -0.25) is 9.88 Å². The third-order valence-corrected chi connectivity index (χ3v) is 6.95. The maximum absolute atomic E-state index is 10.6. The number of aliphatic carboxylic acids is 1. The van der Waals surface area contributed by atoms with Crippen LogP contribution in [-0.4, -0.2) is 61.9 Å². The van der Waals surface area contributed by atoms with Crippen molar-refractivity contribution in [2.24, 2.45) is 7.05 Å². The Kier molecular flexibility index (Phi) is 8.08. The number of methoxy groups -OCH3 is 1. The van der Waals surface area contributed by atoms with Crippen LogP contribution >= 0.6 is 11.3 Å². The Labute approximate surface area is 215 Å². The van der Waals surface area contributed by atoms with Gasteiger partial charge in [-0.2, -0.15) is 13.2 Å². The summed E-state index contributed by atoms with van der Waals surface area (Å²) in [6.45, 7) is 3.11. The van der Waals surface area contributed by atoms with Crippen LogP contribution in [0, 0.1) is 0 Å². The number of benzene rings is 1. The van der Waals surface area contributed by atoms with E-state index in [1.807, 2.05) is 31.7 Å². The number of piperidine rings is 1. The van der Waals surface area contributed by atoms with E-state index < -0.39 is 12.1 Å². The molecule has 3 aromatic heterocycles. The number of rotatable bonds is 5. The third-order valence-electron chi connectivity index (χ3n) is 6.19. The highest BCUT2D eigenvalue weighted by Gasteiger charge is 2.38. The zero-order chi connectivity index (χ0) is 26.6. The van der Waals surface area contributed by atoms with Gasteiger partial charge >= 0.3 is 12.1 Å². The molecule has 196 valence electrons. The van der Waals surface area contributed by atoms with E-state index >= 15 is 0 Å². The summed E-state index contributed by atoms with van der Waals surface area (Å²) in [6.07, 6.45) is 0.911. The van der Waals surface area contributed by atoms with Crippen LogP contribution in [0.1, 0.15) is 29.5 Å². The Morgan fingerprint density at radius 2 is 1.86 bits per heavy atom. The lowest BCUT2D eigenvalue weighted by atomic mass is 9.92. The number of carboxylic acids is 1. The third kappa shape index (κ3) is 6.44. The van der Waals surface area contributed by atoms with Crippen LogP contribution in [0.15, 0.2) is 48.2 Å². The number of fused-ring (bicyclic) bond motifs is 1. The van der Waals surface area contributed by atoms with Gasteiger partial charge in [0.15, 0.2) is 0 Å². The number of hydrogen-bond acceptors (Lipinski definition) is 7. The summed E-state index contributed by atoms with van der Waals surface area (Å²) in [6, 6.07) is 10.3. The van der Waals surface area contributed by atoms with Gasteiger partial charge in [-0.15, -0.1) is 11.3 Å². The van der Waals surface area contributed by atoms with Gasteiger partial charge in [0, 0.05) is 35.8 Å². The van der Waals surface area contributed by atoms with Gasteiger partial charge in [-0.05, 0) is 56.3 Å². The molecule has 0 aliphatic carbocycles. The van der Waals surface area contributed by atoms with Crippen LogP contribution in [-0.2, 0) is 18.4 Å². The number of ether oxygens (including phenoxy) is 1. The fraction of sp³-hybridized carbons (Fsp3) is 0.360. The second-order valence-corrected chi connectivity index (χ2v) is 9.61. The minimum atomic E-state index is -5.08. The number of pyridine rings is 1. The highest BCUT2D eigenvalue weighted by molar-refractivity contribution is 7.09. The Hall–Kier alpha value is -3.51. The van der Waals surface area contributed by atoms with Crippen LogP contribution < -0.4 is 4.74 Å². The number of alkyl halides is 3. The van der Waals surface area contributed by atoms with Crippen molar-refractivity contribution in [1.29, 1.82) is 0 Å². The Balaban J connectivity index is 0.000000405. The topological polar surface area (TPSA) is 93.4 Å². The monoisotopic (exact) mass is 533 g/mol. The number of halogens is 3. The molecule has 1 aromatic carbocycles. The summed E-state index contributed by atoms with van der Waals surface area (Å²) in [7, 11) is 3.74. The standard InChI is InChI=1S/C23H25N5OS.C2HF3O2/c1-27-15-25-23-20(27)13-19(26-22(23)17-3-5-18(29-2)6-4-17)16-7-10-28(11-8-16)14-21-24-9-12-30-21;3-2(4,5)1(6)7/h3-6,9,12-13,15-16H,7-8,10-11,14H2,1-2H3;(H,6,7). The predicted octanol–water partition coefficient (Wildman–Crippen LogP) is 5.11. The number of hydrogen-bond donors (Lipinski definition) is 1. The van der Waals surface area contributed by atoms with Crippen molar-refractivity contribution in [3.8, 4) is 17.0 Å². The molecule has 8 nitrogen and oxygen atoms in total. The van der Waals surface area contributed by atoms with Gasteiger partial charge in [-0.1, -0.05) is 0 Å². The van der Waals surface area contributed by atoms with Crippen LogP contribution in [0.4, 0.5) is 13.2 Å². The molecule has 1 fully saturated rings. The molecule has 12 heteroatoms. The van der Waals surface area contributed by atoms with Crippen LogP contribution in [0.25, 0.3) is 22.3 Å². The lowest BCUT2D eigenvalue weighted by Crippen LogP contribution is -2.32. The molecule has 1 N–H and O–H groups in total. The lowest BCUT2D eigenvalue weighted by molar-refractivity contribution is -0.192. The quantitative estimate of drug-likeness (QED) is 0.381. The van der Waals surface area contributed by atoms with Gasteiger partial charge in [0.05, 0.1) is 31.2 Å². The molecule has 0 radical (unpaired) electrons. The molecule has 4 heterocycles. The van der Waals surface area contributed by atoms with E-state index in [1.54, 1.807) is 18.4 Å². The smallest absolute Gasteiger partial charge is 0.490 e. The van der Waals surface area contributed by atoms with Crippen molar-refractivity contribution in [2.45, 2.75) is 31.5 Å². The molecule has 37 heavy (non-hydrogen) atoms. The predicted molar refractivity (Wildman–Crippen MR) is 134 cm³/mol. The van der Waals surface area contributed by atoms with Crippen LogP contribution in [0.2, 0.25) is 0 Å².